The average molecular weight is 1340 g/mol. The van der Waals surface area contributed by atoms with E-state index in [1.54, 1.807) is 51.6 Å². The van der Waals surface area contributed by atoms with Crippen LogP contribution in [0.5, 0.6) is 11.8 Å². The number of carbonyl (C=O) groups excluding carboxylic acids is 1. The third kappa shape index (κ3) is 15.7. The van der Waals surface area contributed by atoms with Gasteiger partial charge in [-0.25, -0.2) is 50.8 Å². The number of carbonyl (C=O) groups is 2. The fourth-order valence-electron chi connectivity index (χ4n) is 5.60. The Labute approximate surface area is 439 Å². The Morgan fingerprint density at radius 2 is 1.21 bits per heavy atom. The van der Waals surface area contributed by atoms with E-state index in [0.717, 1.165) is 12.8 Å². The molecule has 2 radical (unpaired) electrons. The number of primary sulfonamides is 1. The third-order valence-corrected chi connectivity index (χ3v) is 12.9. The molecule has 4 N–H and O–H groups in total. The largest absolute Gasteiger partial charge is 0.478 e. The van der Waals surface area contributed by atoms with Gasteiger partial charge in [-0.2, -0.15) is 10.2 Å². The van der Waals surface area contributed by atoms with Crippen LogP contribution in [0, 0.1) is 55.8 Å². The van der Waals surface area contributed by atoms with Crippen molar-refractivity contribution < 1.29 is 73.5 Å². The van der Waals surface area contributed by atoms with Gasteiger partial charge < -0.3 is 14.6 Å². The van der Waals surface area contributed by atoms with E-state index in [-0.39, 0.29) is 78.9 Å². The minimum atomic E-state index is -4.11. The second-order valence-corrected chi connectivity index (χ2v) is 19.6. The first-order valence-corrected chi connectivity index (χ1v) is 24.6. The predicted octanol–water partition coefficient (Wildman–Crippen LogP) is 4.84. The standard InChI is InChI=1S/C19H21ClN6O4S.C14H14ClN3O3.C5H9N3O2S.CH3I.BH.U/c1-12-14(10-25(3)22-12)31(28,29)24-18(27)13-4-5-15(21-17(13)20)26-9-6-16(23-26)30-11-19(2)7-8-19;1-14(5-6-14)8-21-11-4-7-18(17-11)10-3-2-9(13(19)20)12(15)16-10;1-4-5(11(6,9)10)3-8(2)7-4;1-2;;/h4-6,9-10H,7-8,11H2,1-3H3,(H,24,27);2-4,7H,5-6,8H2,1H3,(H,19,20);3H,1-2H3,(H2,6,9,10);1H3;1H;/i;;;2*1D;. The molecule has 2 fully saturated rings. The maximum atomic E-state index is 12.5. The van der Waals surface area contributed by atoms with Crippen molar-refractivity contribution in [3.8, 4) is 23.4 Å². The molecule has 0 aliphatic heterocycles. The minimum absolute atomic E-state index is 0. The van der Waals surface area contributed by atoms with Crippen LogP contribution in [0.25, 0.3) is 11.6 Å². The summed E-state index contributed by atoms with van der Waals surface area (Å²) in [6, 6.07) is 9.31. The molecule has 67 heavy (non-hydrogen) atoms. The number of pyridine rings is 2. The Balaban J connectivity index is 0.000000286. The zero-order chi connectivity index (χ0) is 50.8. The number of alkyl halides is 1. The van der Waals surface area contributed by atoms with E-state index in [9.17, 15) is 26.4 Å². The Bertz CT molecular complexity index is 2960. The number of carboxylic acids is 1. The van der Waals surface area contributed by atoms with E-state index in [4.69, 9.17) is 45.6 Å². The van der Waals surface area contributed by atoms with Crippen molar-refractivity contribution in [2.45, 2.75) is 63.2 Å². The van der Waals surface area contributed by atoms with Crippen LogP contribution in [0.4, 0.5) is 0 Å². The molecule has 6 heterocycles. The number of hydrogen-bond donors (Lipinski definition) is 3. The van der Waals surface area contributed by atoms with Crippen LogP contribution >= 0.6 is 45.8 Å². The van der Waals surface area contributed by atoms with E-state index >= 15 is 0 Å². The number of aromatic carboxylic acids is 1. The van der Waals surface area contributed by atoms with E-state index in [1.165, 1.54) is 69.1 Å². The molecule has 28 heteroatoms. The summed E-state index contributed by atoms with van der Waals surface area (Å²) in [5.74, 6) is -0.220. The van der Waals surface area contributed by atoms with Crippen LogP contribution in [0.2, 0.25) is 10.3 Å². The topological polar surface area (TPSA) is 276 Å². The predicted molar refractivity (Wildman–Crippen MR) is 254 cm³/mol. The smallest absolute Gasteiger partial charge is 0.338 e. The Morgan fingerprint density at radius 1 is 0.806 bits per heavy atom. The zero-order valence-corrected chi connectivity index (χ0v) is 46.5. The molecule has 2 aliphatic rings. The van der Waals surface area contributed by atoms with Crippen LogP contribution < -0.4 is 19.3 Å². The first kappa shape index (κ1) is 53.9. The van der Waals surface area contributed by atoms with Gasteiger partial charge in [0.05, 0.1) is 35.7 Å². The SMILES string of the molecule is CC1(COc2ccn(-c3ccc(C(=O)O)c(Cl)n3)n2)CC1.Cc1nn(C)cc1S(=O)(=O)NC(=O)c1ccc(-n2ccc(OCC3(C)CC3)n2)nc1Cl.Cc1nn(C)cc1S(N)(=O)=O.[2H]CI.[2H][B].[U]. The molecule has 0 saturated heterocycles. The molecule has 2 saturated carbocycles. The molecule has 0 unspecified atom stereocenters. The van der Waals surface area contributed by atoms with Crippen LogP contribution in [0.3, 0.4) is 0 Å². The van der Waals surface area contributed by atoms with Crippen LogP contribution in [-0.2, 0) is 34.1 Å². The fraction of sp³-hybridized carbons (Fsp3) is 0.385. The molecule has 0 aromatic carbocycles. The quantitative estimate of drug-likeness (QED) is 0.0604. The van der Waals surface area contributed by atoms with Crippen LogP contribution in [0.15, 0.2) is 71.0 Å². The molecule has 6 aromatic rings. The van der Waals surface area contributed by atoms with Crippen LogP contribution in [0.1, 0.15) is 73.0 Å². The summed E-state index contributed by atoms with van der Waals surface area (Å²) in [4.78, 5) is 32.1. The van der Waals surface area contributed by atoms with Gasteiger partial charge in [-0.3, -0.25) is 14.2 Å². The summed E-state index contributed by atoms with van der Waals surface area (Å²) in [6.45, 7) is 8.72. The fourth-order valence-corrected chi connectivity index (χ4v) is 8.00. The minimum Gasteiger partial charge on any atom is -0.478 e. The zero-order valence-electron chi connectivity index (χ0n) is 39.0. The van der Waals surface area contributed by atoms with Crippen LogP contribution in [-0.4, -0.2) is 111 Å². The number of ether oxygens (including phenoxy) is 2. The van der Waals surface area contributed by atoms with E-state index in [2.05, 4.69) is 52.6 Å². The van der Waals surface area contributed by atoms with Gasteiger partial charge in [-0.1, -0.05) is 59.6 Å². The number of aryl methyl sites for hydroxylation is 4. The number of amides is 1. The second-order valence-electron chi connectivity index (χ2n) is 15.7. The number of nitrogens with one attached hydrogen (secondary N) is 1. The van der Waals surface area contributed by atoms with Crippen molar-refractivity contribution in [3.05, 3.63) is 94.0 Å². The Kier molecular flexibility index (Phi) is 18.9. The van der Waals surface area contributed by atoms with Gasteiger partial charge in [-0.05, 0) is 70.0 Å². The van der Waals surface area contributed by atoms with E-state index < -0.39 is 31.9 Å². The summed E-state index contributed by atoms with van der Waals surface area (Å²) >= 11 is 14.0. The number of rotatable bonds is 13. The van der Waals surface area contributed by atoms with Crippen molar-refractivity contribution >= 4 is 86.1 Å². The molecule has 6 aromatic heterocycles. The number of aromatic nitrogens is 10. The van der Waals surface area contributed by atoms with Gasteiger partial charge in [-0.15, -0.1) is 10.2 Å². The van der Waals surface area contributed by atoms with Gasteiger partial charge >= 0.3 is 5.97 Å². The first-order chi connectivity index (χ1) is 31.9. The molecule has 2 aliphatic carbocycles. The average Bonchev–Trinajstić information content (AvgIpc) is 3.81. The van der Waals surface area contributed by atoms with Gasteiger partial charge in [0, 0.05) is 103 Å². The summed E-state index contributed by atoms with van der Waals surface area (Å²) in [5.41, 5.74) is 1.10. The summed E-state index contributed by atoms with van der Waals surface area (Å²) in [6.07, 6.45) is 10.7. The van der Waals surface area contributed by atoms with Gasteiger partial charge in [0.1, 0.15) is 20.1 Å². The third-order valence-electron chi connectivity index (χ3n) is 9.85. The normalized spacial score (nSPS) is 14.2. The van der Waals surface area contributed by atoms with Crippen molar-refractivity contribution in [2.75, 3.05) is 18.1 Å². The molecule has 0 spiro atoms. The first-order valence-electron chi connectivity index (χ1n) is 20.5. The molecule has 0 atom stereocenters. The second kappa shape index (κ2) is 23.5. The summed E-state index contributed by atoms with van der Waals surface area (Å²) < 4.78 is 77.1. The summed E-state index contributed by atoms with van der Waals surface area (Å²) in [7, 11) is -0.727. The monoisotopic (exact) mass is 1340 g/mol. The Hall–Kier alpha value is -4.03. The number of halogens is 3. The Morgan fingerprint density at radius 3 is 1.54 bits per heavy atom. The van der Waals surface area contributed by atoms with Crippen molar-refractivity contribution in [1.82, 2.24) is 53.8 Å². The van der Waals surface area contributed by atoms with E-state index in [1.807, 2.05) is 27.3 Å². The number of nitrogens with zero attached hydrogens (tertiary/aromatic N) is 10. The summed E-state index contributed by atoms with van der Waals surface area (Å²) in [5, 5.41) is 30.0. The van der Waals surface area contributed by atoms with Gasteiger partial charge in [0.15, 0.2) is 11.6 Å². The van der Waals surface area contributed by atoms with E-state index in [0.29, 0.717) is 47.2 Å². The van der Waals surface area contributed by atoms with Crippen molar-refractivity contribution in [2.24, 2.45) is 30.1 Å². The molecule has 358 valence electrons. The number of sulfonamides is 2. The molecule has 1 amide bonds. The van der Waals surface area contributed by atoms with Crippen molar-refractivity contribution in [1.29, 1.82) is 1.34 Å². The van der Waals surface area contributed by atoms with Gasteiger partial charge in [0.25, 0.3) is 15.9 Å². The number of hydrogen-bond acceptors (Lipinski definition) is 14. The maximum absolute atomic E-state index is 12.5. The number of carboxylic acid groups (broad SMARTS) is 1. The maximum Gasteiger partial charge on any atom is 0.338 e. The molecular formula is C39H48BCl2IN12O9S2U. The van der Waals surface area contributed by atoms with Crippen molar-refractivity contribution in [3.63, 3.8) is 0 Å². The number of nitrogens with two attached hydrogens (primary N) is 1. The molecule has 21 nitrogen and oxygen atoms in total. The molecule has 8 rings (SSSR count). The molecular weight excluding hydrogens is 1290 g/mol. The molecule has 0 bridgehead atoms. The van der Waals surface area contributed by atoms with Gasteiger partial charge in [0.2, 0.25) is 21.8 Å².